The Labute approximate surface area is 138 Å². The molecule has 1 fully saturated rings. The van der Waals surface area contributed by atoms with Crippen molar-refractivity contribution in [3.63, 3.8) is 0 Å². The number of rotatable bonds is 5. The lowest BCUT2D eigenvalue weighted by molar-refractivity contribution is -0.131. The maximum absolute atomic E-state index is 12.6. The molecule has 1 saturated heterocycles. The summed E-state index contributed by atoms with van der Waals surface area (Å²) in [5, 5.41) is 0.0689. The fraction of sp³-hybridized carbons (Fsp3) is 0.733. The van der Waals surface area contributed by atoms with Crippen molar-refractivity contribution < 1.29 is 13.2 Å². The van der Waals surface area contributed by atoms with E-state index in [0.717, 1.165) is 6.42 Å². The van der Waals surface area contributed by atoms with Crippen LogP contribution in [-0.2, 0) is 21.9 Å². The zero-order valence-electron chi connectivity index (χ0n) is 14.1. The Balaban J connectivity index is 2.02. The molecule has 0 radical (unpaired) electrons. The van der Waals surface area contributed by atoms with Gasteiger partial charge in [0.2, 0.25) is 5.91 Å². The van der Waals surface area contributed by atoms with Crippen molar-refractivity contribution in [1.82, 2.24) is 18.8 Å². The van der Waals surface area contributed by atoms with Crippen LogP contribution in [0.3, 0.4) is 0 Å². The number of hydrogen-bond donors (Lipinski definition) is 0. The van der Waals surface area contributed by atoms with Crippen LogP contribution in [0.15, 0.2) is 17.6 Å². The van der Waals surface area contributed by atoms with E-state index in [-0.39, 0.29) is 10.9 Å². The lowest BCUT2D eigenvalue weighted by atomic mass is 10.0. The molecule has 7 nitrogen and oxygen atoms in total. The monoisotopic (exact) mass is 342 g/mol. The molecule has 0 saturated carbocycles. The maximum atomic E-state index is 12.6. The Morgan fingerprint density at radius 2 is 2.04 bits per heavy atom. The van der Waals surface area contributed by atoms with E-state index in [1.165, 1.54) is 16.8 Å². The topological polar surface area (TPSA) is 75.5 Å². The first kappa shape index (κ1) is 17.9. The van der Waals surface area contributed by atoms with Gasteiger partial charge in [-0.05, 0) is 12.3 Å². The van der Waals surface area contributed by atoms with E-state index in [1.807, 2.05) is 0 Å². The molecule has 0 spiro atoms. The van der Waals surface area contributed by atoms with Gasteiger partial charge in [0.25, 0.3) is 10.0 Å². The first-order valence-corrected chi connectivity index (χ1v) is 9.54. The van der Waals surface area contributed by atoms with Crippen LogP contribution in [0.5, 0.6) is 0 Å². The first-order valence-electron chi connectivity index (χ1n) is 8.10. The number of sulfonamides is 1. The van der Waals surface area contributed by atoms with Gasteiger partial charge in [0.05, 0.1) is 6.33 Å². The summed E-state index contributed by atoms with van der Waals surface area (Å²) in [4.78, 5) is 18.0. The number of aromatic nitrogens is 2. The minimum Gasteiger partial charge on any atom is -0.341 e. The molecule has 2 rings (SSSR count). The lowest BCUT2D eigenvalue weighted by Gasteiger charge is -2.22. The van der Waals surface area contributed by atoms with Crippen LogP contribution in [0, 0.1) is 5.92 Å². The highest BCUT2D eigenvalue weighted by Crippen LogP contribution is 2.17. The third-order valence-corrected chi connectivity index (χ3v) is 6.10. The van der Waals surface area contributed by atoms with Crippen LogP contribution >= 0.6 is 0 Å². The number of hydrogen-bond acceptors (Lipinski definition) is 4. The van der Waals surface area contributed by atoms with Crippen LogP contribution in [-0.4, -0.2) is 59.3 Å². The Kier molecular flexibility index (Phi) is 5.80. The summed E-state index contributed by atoms with van der Waals surface area (Å²) >= 11 is 0. The predicted molar refractivity (Wildman–Crippen MR) is 87.2 cm³/mol. The van der Waals surface area contributed by atoms with E-state index < -0.39 is 10.0 Å². The van der Waals surface area contributed by atoms with E-state index >= 15 is 0 Å². The summed E-state index contributed by atoms with van der Waals surface area (Å²) in [5.74, 6) is 0.482. The minimum absolute atomic E-state index is 0.0689. The Morgan fingerprint density at radius 3 is 2.65 bits per heavy atom. The highest BCUT2D eigenvalue weighted by Gasteiger charge is 2.29. The van der Waals surface area contributed by atoms with E-state index in [0.29, 0.717) is 44.9 Å². The van der Waals surface area contributed by atoms with Gasteiger partial charge in [0.1, 0.15) is 0 Å². The molecule has 1 unspecified atom stereocenters. The van der Waals surface area contributed by atoms with Crippen molar-refractivity contribution in [2.75, 3.05) is 26.2 Å². The fourth-order valence-electron chi connectivity index (χ4n) is 2.61. The maximum Gasteiger partial charge on any atom is 0.262 e. The van der Waals surface area contributed by atoms with Crippen molar-refractivity contribution in [2.24, 2.45) is 13.0 Å². The molecule has 1 atom stereocenters. The molecule has 0 aliphatic carbocycles. The predicted octanol–water partition coefficient (Wildman–Crippen LogP) is 1.08. The average molecular weight is 342 g/mol. The van der Waals surface area contributed by atoms with Crippen LogP contribution in [0.1, 0.15) is 33.1 Å². The zero-order chi connectivity index (χ0) is 17.0. The minimum atomic E-state index is -3.58. The van der Waals surface area contributed by atoms with E-state index in [9.17, 15) is 13.2 Å². The second-order valence-electron chi connectivity index (χ2n) is 6.23. The molecule has 1 aliphatic rings. The summed E-state index contributed by atoms with van der Waals surface area (Å²) in [6.45, 7) is 5.94. The summed E-state index contributed by atoms with van der Waals surface area (Å²) < 4.78 is 28.3. The molecule has 0 aromatic carbocycles. The smallest absolute Gasteiger partial charge is 0.262 e. The molecule has 2 heterocycles. The van der Waals surface area contributed by atoms with Gasteiger partial charge in [-0.2, -0.15) is 4.31 Å². The number of carbonyl (C=O) groups excluding carboxylic acids is 1. The molecule has 0 bridgehead atoms. The Morgan fingerprint density at radius 1 is 1.30 bits per heavy atom. The molecule has 130 valence electrons. The van der Waals surface area contributed by atoms with Crippen molar-refractivity contribution >= 4 is 15.9 Å². The largest absolute Gasteiger partial charge is 0.341 e. The zero-order valence-corrected chi connectivity index (χ0v) is 14.9. The van der Waals surface area contributed by atoms with Crippen molar-refractivity contribution in [2.45, 2.75) is 38.1 Å². The number of aryl methyl sites for hydroxylation is 1. The second kappa shape index (κ2) is 7.44. The van der Waals surface area contributed by atoms with E-state index in [1.54, 1.807) is 16.5 Å². The van der Waals surface area contributed by atoms with E-state index in [2.05, 4.69) is 18.8 Å². The molecule has 8 heteroatoms. The van der Waals surface area contributed by atoms with Gasteiger partial charge in [0.15, 0.2) is 5.03 Å². The molecule has 1 aliphatic heterocycles. The molecule has 0 N–H and O–H groups in total. The highest BCUT2D eigenvalue weighted by atomic mass is 32.2. The van der Waals surface area contributed by atoms with Crippen LogP contribution in [0.4, 0.5) is 0 Å². The summed E-state index contributed by atoms with van der Waals surface area (Å²) in [5.41, 5.74) is 0. The average Bonchev–Trinajstić information content (AvgIpc) is 2.80. The summed E-state index contributed by atoms with van der Waals surface area (Å²) in [6.07, 6.45) is 5.14. The standard InChI is InChI=1S/C15H26N4O3S/c1-4-13(2)10-15(20)18-6-5-7-19(9-8-18)23(21,22)14-11-17(3)12-16-14/h11-13H,4-10H2,1-3H3. The lowest BCUT2D eigenvalue weighted by Crippen LogP contribution is -2.37. The molecular weight excluding hydrogens is 316 g/mol. The molecule has 23 heavy (non-hydrogen) atoms. The van der Waals surface area contributed by atoms with Gasteiger partial charge in [-0.1, -0.05) is 20.3 Å². The van der Waals surface area contributed by atoms with Gasteiger partial charge < -0.3 is 9.47 Å². The van der Waals surface area contributed by atoms with Crippen LogP contribution in [0.25, 0.3) is 0 Å². The number of nitrogens with zero attached hydrogens (tertiary/aromatic N) is 4. The summed E-state index contributed by atoms with van der Waals surface area (Å²) in [6, 6.07) is 0. The van der Waals surface area contributed by atoms with Gasteiger partial charge in [-0.3, -0.25) is 4.79 Å². The Hall–Kier alpha value is -1.41. The van der Waals surface area contributed by atoms with Gasteiger partial charge in [0, 0.05) is 45.8 Å². The SMILES string of the molecule is CCC(C)CC(=O)N1CCCN(S(=O)(=O)c2cn(C)cn2)CC1. The number of carbonyl (C=O) groups is 1. The molecular formula is C15H26N4O3S. The van der Waals surface area contributed by atoms with Crippen LogP contribution < -0.4 is 0 Å². The highest BCUT2D eigenvalue weighted by molar-refractivity contribution is 7.89. The van der Waals surface area contributed by atoms with Gasteiger partial charge in [-0.25, -0.2) is 13.4 Å². The third kappa shape index (κ3) is 4.32. The summed E-state index contributed by atoms with van der Waals surface area (Å²) in [7, 11) is -1.84. The fourth-order valence-corrected chi connectivity index (χ4v) is 4.05. The number of imidazole rings is 1. The Bertz CT molecular complexity index is 641. The normalized spacial score (nSPS) is 18.7. The molecule has 1 aromatic heterocycles. The first-order chi connectivity index (χ1) is 10.8. The van der Waals surface area contributed by atoms with Crippen molar-refractivity contribution in [3.8, 4) is 0 Å². The van der Waals surface area contributed by atoms with Crippen molar-refractivity contribution in [3.05, 3.63) is 12.5 Å². The second-order valence-corrected chi connectivity index (χ2v) is 8.12. The van der Waals surface area contributed by atoms with Gasteiger partial charge in [-0.15, -0.1) is 0 Å². The van der Waals surface area contributed by atoms with Gasteiger partial charge >= 0.3 is 0 Å². The van der Waals surface area contributed by atoms with E-state index in [4.69, 9.17) is 0 Å². The molecule has 1 aromatic rings. The van der Waals surface area contributed by atoms with Crippen LogP contribution in [0.2, 0.25) is 0 Å². The molecule has 1 amide bonds. The third-order valence-electron chi connectivity index (χ3n) is 4.31. The van der Waals surface area contributed by atoms with Crippen molar-refractivity contribution in [1.29, 1.82) is 0 Å². The quantitative estimate of drug-likeness (QED) is 0.802. The number of amides is 1.